The largest absolute Gasteiger partial charge is 0.504 e. The first-order valence-electron chi connectivity index (χ1n) is 7.47. The SMILES string of the molecule is COc1cc(C[C@@H]2[C@@H](O)c3ccccc3S(=O)(=O)N2C)ccc1O. The van der Waals surface area contributed by atoms with Crippen molar-refractivity contribution in [3.8, 4) is 11.5 Å². The second-order valence-electron chi connectivity index (χ2n) is 5.78. The Morgan fingerprint density at radius 1 is 1.21 bits per heavy atom. The van der Waals surface area contributed by atoms with Crippen LogP contribution in [0, 0.1) is 0 Å². The van der Waals surface area contributed by atoms with Crippen LogP contribution in [0.4, 0.5) is 0 Å². The number of methoxy groups -OCH3 is 1. The topological polar surface area (TPSA) is 87.1 Å². The fourth-order valence-corrected chi connectivity index (χ4v) is 4.62. The number of benzene rings is 2. The number of aliphatic hydroxyl groups excluding tert-OH is 1. The lowest BCUT2D eigenvalue weighted by Crippen LogP contribution is -2.46. The standard InChI is InChI=1S/C17H19NO5S/c1-18-13(9-11-7-8-14(19)15(10-11)23-2)17(20)12-5-3-4-6-16(12)24(18,21)22/h3-8,10,13,17,19-20H,9H2,1-2H3/t13-,17+/m1/s1. The molecule has 0 bridgehead atoms. The van der Waals surface area contributed by atoms with Crippen molar-refractivity contribution < 1.29 is 23.4 Å². The number of phenols is 1. The van der Waals surface area contributed by atoms with Crippen molar-refractivity contribution in [2.75, 3.05) is 14.2 Å². The smallest absolute Gasteiger partial charge is 0.243 e. The minimum absolute atomic E-state index is 0.0109. The van der Waals surface area contributed by atoms with Gasteiger partial charge in [-0.15, -0.1) is 0 Å². The molecule has 3 rings (SSSR count). The Balaban J connectivity index is 2.00. The summed E-state index contributed by atoms with van der Waals surface area (Å²) >= 11 is 0. The van der Waals surface area contributed by atoms with E-state index in [1.165, 1.54) is 30.6 Å². The van der Waals surface area contributed by atoms with Crippen molar-refractivity contribution in [3.63, 3.8) is 0 Å². The van der Waals surface area contributed by atoms with Crippen LogP contribution in [-0.2, 0) is 16.4 Å². The minimum atomic E-state index is -3.65. The molecule has 2 aromatic rings. The lowest BCUT2D eigenvalue weighted by atomic mass is 9.95. The van der Waals surface area contributed by atoms with Crippen LogP contribution in [0.25, 0.3) is 0 Å². The minimum Gasteiger partial charge on any atom is -0.504 e. The molecule has 2 N–H and O–H groups in total. The van der Waals surface area contributed by atoms with Gasteiger partial charge >= 0.3 is 0 Å². The van der Waals surface area contributed by atoms with Crippen molar-refractivity contribution in [1.82, 2.24) is 4.31 Å². The number of hydrogen-bond donors (Lipinski definition) is 2. The molecule has 0 unspecified atom stereocenters. The molecule has 0 spiro atoms. The highest BCUT2D eigenvalue weighted by Gasteiger charge is 2.41. The summed E-state index contributed by atoms with van der Waals surface area (Å²) in [7, 11) is -0.739. The molecule has 0 fully saturated rings. The number of phenolic OH excluding ortho intramolecular Hbond substituents is 1. The van der Waals surface area contributed by atoms with E-state index >= 15 is 0 Å². The molecule has 24 heavy (non-hydrogen) atoms. The highest BCUT2D eigenvalue weighted by atomic mass is 32.2. The van der Waals surface area contributed by atoms with Crippen LogP contribution < -0.4 is 4.74 Å². The fourth-order valence-electron chi connectivity index (χ4n) is 3.03. The predicted molar refractivity (Wildman–Crippen MR) is 88.5 cm³/mol. The van der Waals surface area contributed by atoms with Gasteiger partial charge in [0, 0.05) is 12.6 Å². The van der Waals surface area contributed by atoms with Crippen molar-refractivity contribution in [3.05, 3.63) is 53.6 Å². The zero-order valence-electron chi connectivity index (χ0n) is 13.4. The Bertz CT molecular complexity index is 865. The summed E-state index contributed by atoms with van der Waals surface area (Å²) in [5, 5.41) is 20.4. The van der Waals surface area contributed by atoms with Crippen LogP contribution in [0.3, 0.4) is 0 Å². The van der Waals surface area contributed by atoms with Crippen molar-refractivity contribution >= 4 is 10.0 Å². The molecule has 1 aliphatic rings. The predicted octanol–water partition coefficient (Wildman–Crippen LogP) is 1.68. The van der Waals surface area contributed by atoms with Crippen LogP contribution in [0.5, 0.6) is 11.5 Å². The van der Waals surface area contributed by atoms with E-state index in [1.807, 2.05) is 0 Å². The molecule has 0 amide bonds. The third-order valence-electron chi connectivity index (χ3n) is 4.42. The molecule has 6 nitrogen and oxygen atoms in total. The Morgan fingerprint density at radius 3 is 2.62 bits per heavy atom. The Kier molecular flexibility index (Phi) is 4.25. The van der Waals surface area contributed by atoms with Crippen molar-refractivity contribution in [2.45, 2.75) is 23.5 Å². The summed E-state index contributed by atoms with van der Waals surface area (Å²) in [5.74, 6) is 0.320. The van der Waals surface area contributed by atoms with E-state index in [1.54, 1.807) is 30.3 Å². The summed E-state index contributed by atoms with van der Waals surface area (Å²) in [6.45, 7) is 0. The van der Waals surface area contributed by atoms with E-state index in [-0.39, 0.29) is 10.6 Å². The van der Waals surface area contributed by atoms with Gasteiger partial charge in [0.05, 0.1) is 24.2 Å². The first kappa shape index (κ1) is 16.8. The molecule has 1 aliphatic heterocycles. The molecule has 2 atom stereocenters. The van der Waals surface area contributed by atoms with E-state index < -0.39 is 22.2 Å². The molecular weight excluding hydrogens is 330 g/mol. The maximum atomic E-state index is 12.7. The number of nitrogens with zero attached hydrogens (tertiary/aromatic N) is 1. The van der Waals surface area contributed by atoms with Crippen molar-refractivity contribution in [2.24, 2.45) is 0 Å². The Labute approximate surface area is 141 Å². The van der Waals surface area contributed by atoms with Gasteiger partial charge in [-0.3, -0.25) is 0 Å². The summed E-state index contributed by atoms with van der Waals surface area (Å²) in [5.41, 5.74) is 1.17. The molecule has 1 heterocycles. The molecule has 0 aromatic heterocycles. The third-order valence-corrected chi connectivity index (χ3v) is 6.37. The number of likely N-dealkylation sites (N-methyl/N-ethyl adjacent to an activating group) is 1. The molecule has 7 heteroatoms. The number of aliphatic hydroxyl groups is 1. The van der Waals surface area contributed by atoms with E-state index in [4.69, 9.17) is 4.74 Å². The average molecular weight is 349 g/mol. The molecule has 0 radical (unpaired) electrons. The summed E-state index contributed by atoms with van der Waals surface area (Å²) < 4.78 is 31.6. The summed E-state index contributed by atoms with van der Waals surface area (Å²) in [6, 6.07) is 10.7. The van der Waals surface area contributed by atoms with Crippen LogP contribution >= 0.6 is 0 Å². The molecule has 0 saturated carbocycles. The van der Waals surface area contributed by atoms with Crippen LogP contribution in [0.1, 0.15) is 17.2 Å². The number of ether oxygens (including phenoxy) is 1. The first-order valence-corrected chi connectivity index (χ1v) is 8.91. The summed E-state index contributed by atoms with van der Waals surface area (Å²) in [4.78, 5) is 0.138. The van der Waals surface area contributed by atoms with Gasteiger partial charge in [0.1, 0.15) is 0 Å². The van der Waals surface area contributed by atoms with E-state index in [9.17, 15) is 18.6 Å². The van der Waals surface area contributed by atoms with Gasteiger partial charge in [0.15, 0.2) is 11.5 Å². The second-order valence-corrected chi connectivity index (χ2v) is 7.75. The first-order chi connectivity index (χ1) is 11.4. The average Bonchev–Trinajstić information content (AvgIpc) is 2.58. The highest BCUT2D eigenvalue weighted by Crippen LogP contribution is 2.37. The molecule has 0 aliphatic carbocycles. The number of hydrogen-bond acceptors (Lipinski definition) is 5. The fraction of sp³-hybridized carbons (Fsp3) is 0.294. The van der Waals surface area contributed by atoms with E-state index in [0.29, 0.717) is 17.7 Å². The number of rotatable bonds is 3. The maximum Gasteiger partial charge on any atom is 0.243 e. The van der Waals surface area contributed by atoms with Crippen LogP contribution in [-0.4, -0.2) is 43.1 Å². The maximum absolute atomic E-state index is 12.7. The van der Waals surface area contributed by atoms with Gasteiger partial charge in [-0.1, -0.05) is 24.3 Å². The monoisotopic (exact) mass is 349 g/mol. The van der Waals surface area contributed by atoms with Crippen LogP contribution in [0.15, 0.2) is 47.4 Å². The Hall–Kier alpha value is -2.09. The number of sulfonamides is 1. The van der Waals surface area contributed by atoms with E-state index in [0.717, 1.165) is 5.56 Å². The molecule has 2 aromatic carbocycles. The summed E-state index contributed by atoms with van der Waals surface area (Å²) in [6.07, 6.45) is -0.642. The second kappa shape index (κ2) is 6.08. The van der Waals surface area contributed by atoms with Gasteiger partial charge in [-0.05, 0) is 30.2 Å². The van der Waals surface area contributed by atoms with Gasteiger partial charge in [-0.2, -0.15) is 4.31 Å². The normalized spacial score (nSPS) is 22.8. The third kappa shape index (κ3) is 2.64. The quantitative estimate of drug-likeness (QED) is 0.880. The lowest BCUT2D eigenvalue weighted by Gasteiger charge is -2.37. The van der Waals surface area contributed by atoms with Gasteiger partial charge in [0.25, 0.3) is 0 Å². The molecule has 0 saturated heterocycles. The zero-order valence-corrected chi connectivity index (χ0v) is 14.2. The number of fused-ring (bicyclic) bond motifs is 1. The molecular formula is C17H19NO5S. The van der Waals surface area contributed by atoms with Gasteiger partial charge in [-0.25, -0.2) is 8.42 Å². The Morgan fingerprint density at radius 2 is 1.92 bits per heavy atom. The van der Waals surface area contributed by atoms with Crippen LogP contribution in [0.2, 0.25) is 0 Å². The van der Waals surface area contributed by atoms with Crippen molar-refractivity contribution in [1.29, 1.82) is 0 Å². The zero-order chi connectivity index (χ0) is 17.5. The van der Waals surface area contributed by atoms with Gasteiger partial charge in [0.2, 0.25) is 10.0 Å². The highest BCUT2D eigenvalue weighted by molar-refractivity contribution is 7.89. The van der Waals surface area contributed by atoms with E-state index in [2.05, 4.69) is 0 Å². The van der Waals surface area contributed by atoms with Gasteiger partial charge < -0.3 is 14.9 Å². The lowest BCUT2D eigenvalue weighted by molar-refractivity contribution is 0.0891. The molecule has 128 valence electrons. The number of aromatic hydroxyl groups is 1.